The van der Waals surface area contributed by atoms with Crippen LogP contribution < -0.4 is 10.6 Å². The first kappa shape index (κ1) is 16.6. The third kappa shape index (κ3) is 3.05. The molecule has 4 aliphatic carbocycles. The van der Waals surface area contributed by atoms with Crippen molar-refractivity contribution in [1.29, 1.82) is 0 Å². The fourth-order valence-electron chi connectivity index (χ4n) is 5.93. The van der Waals surface area contributed by atoms with Crippen molar-refractivity contribution in [2.75, 3.05) is 10.6 Å². The third-order valence-corrected chi connectivity index (χ3v) is 6.64. The van der Waals surface area contributed by atoms with Gasteiger partial charge in [-0.2, -0.15) is 0 Å². The molecule has 0 saturated heterocycles. The van der Waals surface area contributed by atoms with E-state index >= 15 is 0 Å². The number of amides is 2. The summed E-state index contributed by atoms with van der Waals surface area (Å²) in [5.41, 5.74) is 1.19. The van der Waals surface area contributed by atoms with E-state index in [0.29, 0.717) is 5.69 Å². The minimum absolute atomic E-state index is 0.163. The van der Waals surface area contributed by atoms with Crippen LogP contribution in [0.15, 0.2) is 47.1 Å². The van der Waals surface area contributed by atoms with Gasteiger partial charge < -0.3 is 15.1 Å². The van der Waals surface area contributed by atoms with Crippen LogP contribution in [0, 0.1) is 23.2 Å². The zero-order chi connectivity index (χ0) is 18.4. The second kappa shape index (κ2) is 6.25. The molecule has 6 rings (SSSR count). The van der Waals surface area contributed by atoms with Gasteiger partial charge in [0, 0.05) is 11.4 Å². The Bertz CT molecular complexity index is 836. The lowest BCUT2D eigenvalue weighted by molar-refractivity contribution is -0.140. The SMILES string of the molecule is O=C(Nc1cccc(NC(=O)C23CC4CC(CC(C4)C2)C3)c1)c1ccco1. The molecule has 4 bridgehead atoms. The molecule has 0 unspecified atom stereocenters. The lowest BCUT2D eigenvalue weighted by atomic mass is 9.49. The molecular weight excluding hydrogens is 340 g/mol. The van der Waals surface area contributed by atoms with Gasteiger partial charge in [-0.05, 0) is 86.6 Å². The smallest absolute Gasteiger partial charge is 0.291 e. The Balaban J connectivity index is 1.30. The van der Waals surface area contributed by atoms with Crippen LogP contribution in [0.4, 0.5) is 11.4 Å². The van der Waals surface area contributed by atoms with E-state index in [0.717, 1.165) is 42.7 Å². The quantitative estimate of drug-likeness (QED) is 0.827. The molecule has 2 amide bonds. The average Bonchev–Trinajstić information content (AvgIpc) is 3.15. The maximum Gasteiger partial charge on any atom is 0.291 e. The first-order valence-corrected chi connectivity index (χ1v) is 9.86. The number of hydrogen-bond donors (Lipinski definition) is 2. The van der Waals surface area contributed by atoms with Crippen LogP contribution in [0.3, 0.4) is 0 Å². The maximum absolute atomic E-state index is 13.2. The number of hydrogen-bond acceptors (Lipinski definition) is 3. The normalized spacial score (nSPS) is 30.9. The zero-order valence-electron chi connectivity index (χ0n) is 15.2. The van der Waals surface area contributed by atoms with Gasteiger partial charge in [0.15, 0.2) is 5.76 Å². The van der Waals surface area contributed by atoms with Crippen molar-refractivity contribution in [3.05, 3.63) is 48.4 Å². The van der Waals surface area contributed by atoms with Crippen LogP contribution in [0.25, 0.3) is 0 Å². The summed E-state index contributed by atoms with van der Waals surface area (Å²) in [5, 5.41) is 5.94. The summed E-state index contributed by atoms with van der Waals surface area (Å²) in [5.74, 6) is 2.33. The van der Waals surface area contributed by atoms with Gasteiger partial charge in [-0.3, -0.25) is 9.59 Å². The molecule has 0 aliphatic heterocycles. The van der Waals surface area contributed by atoms with Gasteiger partial charge in [0.2, 0.25) is 5.91 Å². The molecule has 1 aromatic carbocycles. The molecule has 140 valence electrons. The van der Waals surface area contributed by atoms with Crippen molar-refractivity contribution >= 4 is 23.2 Å². The van der Waals surface area contributed by atoms with Crippen LogP contribution in [-0.2, 0) is 4.79 Å². The Labute approximate surface area is 158 Å². The standard InChI is InChI=1S/C22H24N2O3/c25-20(19-5-2-6-27-19)23-17-3-1-4-18(10-17)24-21(26)22-11-14-7-15(12-22)9-16(8-14)13-22/h1-6,10,14-16H,7-9,11-13H2,(H,23,25)(H,24,26). The molecule has 4 saturated carbocycles. The summed E-state index contributed by atoms with van der Waals surface area (Å²) in [4.78, 5) is 25.3. The van der Waals surface area contributed by atoms with Crippen molar-refractivity contribution in [3.8, 4) is 0 Å². The van der Waals surface area contributed by atoms with Crippen LogP contribution in [0.2, 0.25) is 0 Å². The van der Waals surface area contributed by atoms with E-state index in [1.54, 1.807) is 24.3 Å². The van der Waals surface area contributed by atoms with Gasteiger partial charge in [0.1, 0.15) is 0 Å². The van der Waals surface area contributed by atoms with Gasteiger partial charge in [-0.25, -0.2) is 0 Å². The van der Waals surface area contributed by atoms with Gasteiger partial charge in [0.05, 0.1) is 11.7 Å². The highest BCUT2D eigenvalue weighted by Gasteiger charge is 2.54. The molecule has 5 nitrogen and oxygen atoms in total. The minimum atomic E-state index is -0.301. The van der Waals surface area contributed by atoms with Crippen molar-refractivity contribution in [3.63, 3.8) is 0 Å². The fourth-order valence-corrected chi connectivity index (χ4v) is 5.93. The van der Waals surface area contributed by atoms with Crippen molar-refractivity contribution in [2.24, 2.45) is 23.2 Å². The molecule has 1 heterocycles. The van der Waals surface area contributed by atoms with Gasteiger partial charge in [-0.15, -0.1) is 0 Å². The average molecular weight is 364 g/mol. The molecule has 2 aromatic rings. The largest absolute Gasteiger partial charge is 0.459 e. The monoisotopic (exact) mass is 364 g/mol. The Kier molecular flexibility index (Phi) is 3.85. The predicted octanol–water partition coefficient (Wildman–Crippen LogP) is 4.69. The summed E-state index contributed by atoms with van der Waals surface area (Å²) in [7, 11) is 0. The fraction of sp³-hybridized carbons (Fsp3) is 0.455. The Morgan fingerprint density at radius 2 is 1.52 bits per heavy atom. The van der Waals surface area contributed by atoms with Crippen molar-refractivity contribution < 1.29 is 14.0 Å². The van der Waals surface area contributed by atoms with Crippen LogP contribution in [-0.4, -0.2) is 11.8 Å². The Morgan fingerprint density at radius 1 is 0.889 bits per heavy atom. The lowest BCUT2D eigenvalue weighted by Gasteiger charge is -2.55. The summed E-state index contributed by atoms with van der Waals surface area (Å²) >= 11 is 0. The lowest BCUT2D eigenvalue weighted by Crippen LogP contribution is -2.51. The van der Waals surface area contributed by atoms with Gasteiger partial charge >= 0.3 is 0 Å². The first-order valence-electron chi connectivity index (χ1n) is 9.86. The molecule has 4 aliphatic rings. The van der Waals surface area contributed by atoms with E-state index in [-0.39, 0.29) is 23.0 Å². The third-order valence-electron chi connectivity index (χ3n) is 6.64. The molecular formula is C22H24N2O3. The van der Waals surface area contributed by atoms with E-state index in [1.807, 2.05) is 12.1 Å². The highest BCUT2D eigenvalue weighted by Crippen LogP contribution is 2.60. The number of furan rings is 1. The Morgan fingerprint density at radius 3 is 2.11 bits per heavy atom. The molecule has 0 spiro atoms. The molecule has 4 fully saturated rings. The number of carbonyl (C=O) groups is 2. The first-order chi connectivity index (χ1) is 13.1. The van der Waals surface area contributed by atoms with Crippen molar-refractivity contribution in [2.45, 2.75) is 38.5 Å². The van der Waals surface area contributed by atoms with Crippen molar-refractivity contribution in [1.82, 2.24) is 0 Å². The van der Waals surface area contributed by atoms with E-state index in [2.05, 4.69) is 10.6 Å². The van der Waals surface area contributed by atoms with Gasteiger partial charge in [0.25, 0.3) is 5.91 Å². The Hall–Kier alpha value is -2.56. The molecule has 0 atom stereocenters. The molecule has 5 heteroatoms. The summed E-state index contributed by atoms with van der Waals surface area (Å²) < 4.78 is 5.12. The second-order valence-electron chi connectivity index (χ2n) is 8.66. The number of rotatable bonds is 4. The molecule has 2 N–H and O–H groups in total. The second-order valence-corrected chi connectivity index (χ2v) is 8.66. The summed E-state index contributed by atoms with van der Waals surface area (Å²) in [6.45, 7) is 0. The molecule has 1 aromatic heterocycles. The number of benzene rings is 1. The maximum atomic E-state index is 13.2. The number of carbonyl (C=O) groups excluding carboxylic acids is 2. The highest BCUT2D eigenvalue weighted by molar-refractivity contribution is 6.03. The molecule has 0 radical (unpaired) electrons. The zero-order valence-corrected chi connectivity index (χ0v) is 15.2. The van der Waals surface area contributed by atoms with Crippen LogP contribution >= 0.6 is 0 Å². The highest BCUT2D eigenvalue weighted by atomic mass is 16.3. The van der Waals surface area contributed by atoms with Crippen LogP contribution in [0.5, 0.6) is 0 Å². The number of nitrogens with one attached hydrogen (secondary N) is 2. The van der Waals surface area contributed by atoms with E-state index in [9.17, 15) is 9.59 Å². The van der Waals surface area contributed by atoms with Crippen LogP contribution in [0.1, 0.15) is 49.1 Å². The number of anilines is 2. The predicted molar refractivity (Wildman–Crippen MR) is 102 cm³/mol. The van der Waals surface area contributed by atoms with E-state index in [4.69, 9.17) is 4.42 Å². The van der Waals surface area contributed by atoms with Gasteiger partial charge in [-0.1, -0.05) is 6.07 Å². The minimum Gasteiger partial charge on any atom is -0.459 e. The summed E-state index contributed by atoms with van der Waals surface area (Å²) in [6.07, 6.45) is 8.55. The van der Waals surface area contributed by atoms with E-state index < -0.39 is 0 Å². The topological polar surface area (TPSA) is 71.3 Å². The molecule has 27 heavy (non-hydrogen) atoms. The van der Waals surface area contributed by atoms with E-state index in [1.165, 1.54) is 25.5 Å². The summed E-state index contributed by atoms with van der Waals surface area (Å²) in [6, 6.07) is 10.6.